The van der Waals surface area contributed by atoms with Crippen molar-refractivity contribution in [1.82, 2.24) is 10.2 Å². The van der Waals surface area contributed by atoms with Gasteiger partial charge in [-0.15, -0.1) is 31.4 Å². The number of hydrogen-bond donors (Lipinski definition) is 1. The van der Waals surface area contributed by atoms with Gasteiger partial charge in [0.1, 0.15) is 0 Å². The highest BCUT2D eigenvalue weighted by Gasteiger charge is 2.32. The Morgan fingerprint density at radius 3 is 2.33 bits per heavy atom. The molecule has 2 nitrogen and oxygen atoms in total. The molecule has 0 amide bonds. The summed E-state index contributed by atoms with van der Waals surface area (Å²) in [6.07, 6.45) is -3.77. The Morgan fingerprint density at radius 1 is 1.25 bits per heavy atom. The van der Waals surface area contributed by atoms with E-state index in [-0.39, 0.29) is 35.9 Å². The van der Waals surface area contributed by atoms with Gasteiger partial charge < -0.3 is 5.32 Å². The van der Waals surface area contributed by atoms with Gasteiger partial charge in [0, 0.05) is 37.2 Å². The molecule has 0 aromatic heterocycles. The first-order valence-electron chi connectivity index (χ1n) is 7.24. The van der Waals surface area contributed by atoms with Crippen LogP contribution >= 0.6 is 36.4 Å². The molecule has 8 heteroatoms. The monoisotopic (exact) mass is 404 g/mol. The zero-order valence-corrected chi connectivity index (χ0v) is 15.7. The lowest BCUT2D eigenvalue weighted by Crippen LogP contribution is -2.45. The van der Waals surface area contributed by atoms with Crippen molar-refractivity contribution in [2.75, 3.05) is 26.2 Å². The Labute approximate surface area is 158 Å². The molecule has 0 bridgehead atoms. The minimum Gasteiger partial charge on any atom is -0.314 e. The number of piperazine rings is 1. The van der Waals surface area contributed by atoms with Gasteiger partial charge >= 0.3 is 6.18 Å². The van der Waals surface area contributed by atoms with Crippen LogP contribution in [0.3, 0.4) is 0 Å². The lowest BCUT2D eigenvalue weighted by atomic mass is 9.96. The molecule has 138 valence electrons. The summed E-state index contributed by atoms with van der Waals surface area (Å²) >= 11 is 5.92. The zero-order valence-electron chi connectivity index (χ0n) is 13.3. The molecule has 2 rings (SSSR count). The number of alkyl halides is 3. The third-order valence-corrected chi connectivity index (χ3v) is 3.98. The van der Waals surface area contributed by atoms with E-state index < -0.39 is 11.7 Å². The van der Waals surface area contributed by atoms with Crippen molar-refractivity contribution >= 4 is 36.4 Å². The second-order valence-electron chi connectivity index (χ2n) is 5.73. The minimum atomic E-state index is -4.39. The molecule has 0 aliphatic carbocycles. The highest BCUT2D eigenvalue weighted by atomic mass is 35.5. The summed E-state index contributed by atoms with van der Waals surface area (Å²) in [5.74, 6) is 0. The second-order valence-corrected chi connectivity index (χ2v) is 6.17. The van der Waals surface area contributed by atoms with Crippen molar-refractivity contribution in [3.63, 3.8) is 0 Å². The SMILES string of the molecule is C=C(C)C[C@@H](c1cc(Cl)cc(C(F)(F)F)c1)N1CCNCC1.Cl.Cl. The molecule has 24 heavy (non-hydrogen) atoms. The van der Waals surface area contributed by atoms with Crippen LogP contribution in [0.2, 0.25) is 5.02 Å². The Hall–Kier alpha value is -0.460. The average Bonchev–Trinajstić information content (AvgIpc) is 2.44. The van der Waals surface area contributed by atoms with E-state index in [4.69, 9.17) is 11.6 Å². The summed E-state index contributed by atoms with van der Waals surface area (Å²) in [7, 11) is 0. The van der Waals surface area contributed by atoms with Crippen LogP contribution in [-0.2, 0) is 6.18 Å². The first-order valence-corrected chi connectivity index (χ1v) is 7.62. The van der Waals surface area contributed by atoms with Gasteiger partial charge in [0.25, 0.3) is 0 Å². The maximum absolute atomic E-state index is 13.0. The van der Waals surface area contributed by atoms with Gasteiger partial charge in [0.2, 0.25) is 0 Å². The number of nitrogens with zero attached hydrogens (tertiary/aromatic N) is 1. The maximum Gasteiger partial charge on any atom is 0.416 e. The Kier molecular flexibility index (Phi) is 9.69. The van der Waals surface area contributed by atoms with Crippen molar-refractivity contribution in [3.05, 3.63) is 46.5 Å². The molecule has 0 saturated carbocycles. The van der Waals surface area contributed by atoms with Gasteiger partial charge in [-0.3, -0.25) is 4.90 Å². The van der Waals surface area contributed by atoms with Gasteiger partial charge in [-0.1, -0.05) is 17.2 Å². The number of nitrogens with one attached hydrogen (secondary N) is 1. The van der Waals surface area contributed by atoms with Crippen LogP contribution in [0, 0.1) is 0 Å². The fourth-order valence-electron chi connectivity index (χ4n) is 2.75. The summed E-state index contributed by atoms with van der Waals surface area (Å²) in [5.41, 5.74) is 0.846. The van der Waals surface area contributed by atoms with Crippen LogP contribution < -0.4 is 5.32 Å². The van der Waals surface area contributed by atoms with E-state index >= 15 is 0 Å². The van der Waals surface area contributed by atoms with E-state index in [0.29, 0.717) is 12.0 Å². The fraction of sp³-hybridized carbons (Fsp3) is 0.500. The summed E-state index contributed by atoms with van der Waals surface area (Å²) < 4.78 is 39.0. The molecule has 0 radical (unpaired) electrons. The van der Waals surface area contributed by atoms with E-state index in [1.165, 1.54) is 6.07 Å². The van der Waals surface area contributed by atoms with E-state index in [2.05, 4.69) is 16.8 Å². The number of hydrogen-bond acceptors (Lipinski definition) is 2. The lowest BCUT2D eigenvalue weighted by Gasteiger charge is -2.35. The van der Waals surface area contributed by atoms with Crippen LogP contribution in [-0.4, -0.2) is 31.1 Å². The highest BCUT2D eigenvalue weighted by molar-refractivity contribution is 6.30. The van der Waals surface area contributed by atoms with Crippen LogP contribution in [0.1, 0.15) is 30.5 Å². The molecule has 0 spiro atoms. The van der Waals surface area contributed by atoms with Crippen molar-refractivity contribution < 1.29 is 13.2 Å². The van der Waals surface area contributed by atoms with Gasteiger partial charge in [-0.2, -0.15) is 13.2 Å². The predicted molar refractivity (Wildman–Crippen MR) is 97.6 cm³/mol. The molecule has 0 unspecified atom stereocenters. The van der Waals surface area contributed by atoms with Gasteiger partial charge in [-0.05, 0) is 37.1 Å². The Morgan fingerprint density at radius 2 is 1.83 bits per heavy atom. The molecule has 1 aromatic rings. The smallest absolute Gasteiger partial charge is 0.314 e. The summed E-state index contributed by atoms with van der Waals surface area (Å²) in [6, 6.07) is 3.69. The van der Waals surface area contributed by atoms with Gasteiger partial charge in [0.15, 0.2) is 0 Å². The quantitative estimate of drug-likeness (QED) is 0.700. The van der Waals surface area contributed by atoms with E-state index in [9.17, 15) is 13.2 Å². The molecule has 1 fully saturated rings. The van der Waals surface area contributed by atoms with E-state index in [0.717, 1.165) is 37.8 Å². The molecular formula is C16H22Cl3F3N2. The van der Waals surface area contributed by atoms with Crippen molar-refractivity contribution in [2.45, 2.75) is 25.6 Å². The number of benzene rings is 1. The summed E-state index contributed by atoms with van der Waals surface area (Å²) in [5, 5.41) is 3.37. The lowest BCUT2D eigenvalue weighted by molar-refractivity contribution is -0.137. The van der Waals surface area contributed by atoms with Crippen LogP contribution in [0.25, 0.3) is 0 Å². The van der Waals surface area contributed by atoms with Crippen LogP contribution in [0.5, 0.6) is 0 Å². The molecular weight excluding hydrogens is 384 g/mol. The largest absolute Gasteiger partial charge is 0.416 e. The predicted octanol–water partition coefficient (Wildman–Crippen LogP) is 5.11. The Balaban J connectivity index is 0.00000264. The first-order chi connectivity index (χ1) is 10.3. The highest BCUT2D eigenvalue weighted by Crippen LogP contribution is 2.36. The molecule has 1 saturated heterocycles. The Bertz CT molecular complexity index is 544. The van der Waals surface area contributed by atoms with Crippen molar-refractivity contribution in [2.24, 2.45) is 0 Å². The van der Waals surface area contributed by atoms with Crippen molar-refractivity contribution in [3.8, 4) is 0 Å². The molecule has 1 heterocycles. The number of halogens is 6. The summed E-state index contributed by atoms with van der Waals surface area (Å²) in [6.45, 7) is 9.06. The third kappa shape index (κ3) is 6.45. The molecule has 1 atom stereocenters. The number of rotatable bonds is 4. The first kappa shape index (κ1) is 23.5. The van der Waals surface area contributed by atoms with E-state index in [1.54, 1.807) is 6.07 Å². The normalized spacial score (nSPS) is 16.7. The summed E-state index contributed by atoms with van der Waals surface area (Å²) in [4.78, 5) is 2.19. The van der Waals surface area contributed by atoms with Crippen LogP contribution in [0.4, 0.5) is 13.2 Å². The standard InChI is InChI=1S/C16H20ClF3N2.2ClH/c1-11(2)7-15(22-5-3-21-4-6-22)12-8-13(16(18,19)20)10-14(17)9-12;;/h8-10,15,21H,1,3-7H2,2H3;2*1H/t15-;;/m0../s1. The fourth-order valence-corrected chi connectivity index (χ4v) is 2.99. The maximum atomic E-state index is 13.0. The molecule has 1 aliphatic heterocycles. The second kappa shape index (κ2) is 9.88. The molecule has 1 N–H and O–H groups in total. The molecule has 1 aliphatic rings. The van der Waals surface area contributed by atoms with Crippen LogP contribution in [0.15, 0.2) is 30.4 Å². The third-order valence-electron chi connectivity index (χ3n) is 3.77. The van der Waals surface area contributed by atoms with Crippen molar-refractivity contribution in [1.29, 1.82) is 0 Å². The molecule has 1 aromatic carbocycles. The average molecular weight is 406 g/mol. The van der Waals surface area contributed by atoms with Gasteiger partial charge in [0.05, 0.1) is 5.56 Å². The zero-order chi connectivity index (χ0) is 16.3. The van der Waals surface area contributed by atoms with Gasteiger partial charge in [-0.25, -0.2) is 0 Å². The minimum absolute atomic E-state index is 0. The topological polar surface area (TPSA) is 15.3 Å². The van der Waals surface area contributed by atoms with E-state index in [1.807, 2.05) is 6.92 Å².